The van der Waals surface area contributed by atoms with Crippen molar-refractivity contribution in [2.75, 3.05) is 7.11 Å². The lowest BCUT2D eigenvalue weighted by Crippen LogP contribution is -2.40. The van der Waals surface area contributed by atoms with Crippen molar-refractivity contribution in [2.24, 2.45) is 0 Å². The van der Waals surface area contributed by atoms with Crippen LogP contribution in [-0.4, -0.2) is 13.4 Å². The standard InChI is InChI=1S/C35H23BrO3/c1-37-22-23-12-13-24-15-18-31-33(29(24)20-23)34-30-21-28(36)17-14-25(30)16-19-32(34)39-35(38-31,26-8-4-2-5-9-26)27-10-6-3-7-11-27/h2-21H,1H3. The van der Waals surface area contributed by atoms with Gasteiger partial charge in [0.2, 0.25) is 7.11 Å². The Hall–Kier alpha value is -4.41. The van der Waals surface area contributed by atoms with Gasteiger partial charge in [-0.25, -0.2) is 0 Å². The fourth-order valence-electron chi connectivity index (χ4n) is 5.49. The Morgan fingerprint density at radius 1 is 0.615 bits per heavy atom. The van der Waals surface area contributed by atoms with Gasteiger partial charge in [0.05, 0.1) is 0 Å². The number of halogens is 1. The van der Waals surface area contributed by atoms with Crippen LogP contribution in [-0.2, 0) is 10.2 Å². The molecule has 1 heterocycles. The first-order chi connectivity index (χ1) is 19.2. The molecule has 39 heavy (non-hydrogen) atoms. The summed E-state index contributed by atoms with van der Waals surface area (Å²) in [5, 5.41) is 4.30. The highest BCUT2D eigenvalue weighted by Gasteiger charge is 2.43. The minimum absolute atomic E-state index is 0.732. The van der Waals surface area contributed by atoms with Crippen molar-refractivity contribution in [3.8, 4) is 22.6 Å². The summed E-state index contributed by atoms with van der Waals surface area (Å²) in [6.07, 6.45) is 2.98. The van der Waals surface area contributed by atoms with Crippen LogP contribution < -0.4 is 9.47 Å². The molecule has 4 heteroatoms. The summed E-state index contributed by atoms with van der Waals surface area (Å²) in [5.41, 5.74) is 4.61. The molecule has 7 rings (SSSR count). The van der Waals surface area contributed by atoms with E-state index in [1.165, 1.54) is 0 Å². The van der Waals surface area contributed by atoms with Gasteiger partial charge in [-0.15, -0.1) is 12.1 Å². The van der Waals surface area contributed by atoms with Gasteiger partial charge >= 0.3 is 5.79 Å². The SMILES string of the molecule is C[O+]=[C-]c1ccc2ccc3c(c2c1)-c1c(ccc2ccc(Br)cc12)OC(c1ccccc1)(c1ccccc1)O3. The van der Waals surface area contributed by atoms with Crippen LogP contribution in [0.4, 0.5) is 0 Å². The first kappa shape index (κ1) is 23.7. The van der Waals surface area contributed by atoms with Gasteiger partial charge in [-0.05, 0) is 40.4 Å². The van der Waals surface area contributed by atoms with Gasteiger partial charge < -0.3 is 13.9 Å². The van der Waals surface area contributed by atoms with Crippen LogP contribution in [0.25, 0.3) is 32.7 Å². The minimum Gasteiger partial charge on any atom is -0.444 e. The molecule has 0 radical (unpaired) electrons. The Kier molecular flexibility index (Phi) is 5.71. The van der Waals surface area contributed by atoms with Gasteiger partial charge in [-0.3, -0.25) is 0 Å². The van der Waals surface area contributed by atoms with Crippen molar-refractivity contribution < 1.29 is 13.9 Å². The summed E-state index contributed by atoms with van der Waals surface area (Å²) >= 11 is 3.70. The van der Waals surface area contributed by atoms with Crippen LogP contribution in [0.3, 0.4) is 0 Å². The molecule has 0 aliphatic carbocycles. The second kappa shape index (κ2) is 9.40. The van der Waals surface area contributed by atoms with Crippen LogP contribution in [0, 0.1) is 0 Å². The molecule has 0 amide bonds. The number of rotatable bonds is 3. The maximum atomic E-state index is 7.10. The number of fused-ring (bicyclic) bond motifs is 7. The predicted molar refractivity (Wildman–Crippen MR) is 160 cm³/mol. The fraction of sp³-hybridized carbons (Fsp3) is 0.0571. The minimum atomic E-state index is -1.21. The van der Waals surface area contributed by atoms with Crippen molar-refractivity contribution in [1.82, 2.24) is 0 Å². The molecule has 6 aromatic rings. The van der Waals surface area contributed by atoms with Crippen LogP contribution in [0.2, 0.25) is 0 Å². The zero-order valence-electron chi connectivity index (χ0n) is 21.1. The second-order valence-electron chi connectivity index (χ2n) is 9.54. The van der Waals surface area contributed by atoms with Gasteiger partial charge in [0, 0.05) is 26.7 Å². The molecule has 1 aliphatic heterocycles. The molecule has 0 N–H and O–H groups in total. The van der Waals surface area contributed by atoms with E-state index < -0.39 is 5.79 Å². The highest BCUT2D eigenvalue weighted by atomic mass is 79.9. The molecule has 188 valence electrons. The summed E-state index contributed by atoms with van der Waals surface area (Å²) in [6.45, 7) is 0. The molecule has 0 fully saturated rings. The first-order valence-electron chi connectivity index (χ1n) is 12.7. The molecular weight excluding hydrogens is 548 g/mol. The molecule has 0 saturated carbocycles. The van der Waals surface area contributed by atoms with Crippen LogP contribution in [0.5, 0.6) is 11.5 Å². The first-order valence-corrected chi connectivity index (χ1v) is 13.5. The third-order valence-electron chi connectivity index (χ3n) is 7.21. The molecule has 0 unspecified atom stereocenters. The van der Waals surface area contributed by atoms with E-state index in [4.69, 9.17) is 13.9 Å². The van der Waals surface area contributed by atoms with Crippen molar-refractivity contribution in [3.05, 3.63) is 142 Å². The number of hydrogen-bond donors (Lipinski definition) is 0. The van der Waals surface area contributed by atoms with Gasteiger partial charge in [-0.2, -0.15) is 6.07 Å². The Balaban J connectivity index is 1.64. The monoisotopic (exact) mass is 570 g/mol. The van der Waals surface area contributed by atoms with Crippen molar-refractivity contribution in [2.45, 2.75) is 5.79 Å². The van der Waals surface area contributed by atoms with E-state index in [9.17, 15) is 0 Å². The van der Waals surface area contributed by atoms with Crippen molar-refractivity contribution in [3.63, 3.8) is 0 Å². The van der Waals surface area contributed by atoms with Gasteiger partial charge in [0.25, 0.3) is 6.29 Å². The lowest BCUT2D eigenvalue weighted by Gasteiger charge is -2.34. The van der Waals surface area contributed by atoms with Crippen molar-refractivity contribution in [1.29, 1.82) is 0 Å². The second-order valence-corrected chi connectivity index (χ2v) is 10.5. The highest BCUT2D eigenvalue weighted by molar-refractivity contribution is 9.10. The molecular formula is C35H23BrO3. The highest BCUT2D eigenvalue weighted by Crippen LogP contribution is 2.52. The molecule has 0 atom stereocenters. The zero-order chi connectivity index (χ0) is 26.4. The third-order valence-corrected chi connectivity index (χ3v) is 7.71. The molecule has 1 aliphatic rings. The molecule has 6 aromatic carbocycles. The Morgan fingerprint density at radius 3 is 1.69 bits per heavy atom. The molecule has 0 aromatic heterocycles. The zero-order valence-corrected chi connectivity index (χ0v) is 22.7. The van der Waals surface area contributed by atoms with Crippen LogP contribution >= 0.6 is 15.9 Å². The quantitative estimate of drug-likeness (QED) is 0.157. The van der Waals surface area contributed by atoms with E-state index in [-0.39, 0.29) is 0 Å². The smallest absolute Gasteiger partial charge is 0.305 e. The Morgan fingerprint density at radius 2 is 1.13 bits per heavy atom. The average Bonchev–Trinajstić information content (AvgIpc) is 3.14. The molecule has 0 spiro atoms. The van der Waals surface area contributed by atoms with Crippen molar-refractivity contribution >= 4 is 43.8 Å². The maximum absolute atomic E-state index is 7.10. The van der Waals surface area contributed by atoms with Gasteiger partial charge in [0.1, 0.15) is 11.5 Å². The molecule has 0 saturated heterocycles. The largest absolute Gasteiger partial charge is 0.444 e. The summed E-state index contributed by atoms with van der Waals surface area (Å²) in [6, 6.07) is 41.1. The van der Waals surface area contributed by atoms with E-state index in [1.54, 1.807) is 7.11 Å². The van der Waals surface area contributed by atoms with E-state index in [2.05, 4.69) is 101 Å². The van der Waals surface area contributed by atoms with E-state index >= 15 is 0 Å². The lowest BCUT2D eigenvalue weighted by atomic mass is 9.91. The number of benzene rings is 6. The third kappa shape index (κ3) is 3.91. The lowest BCUT2D eigenvalue weighted by molar-refractivity contribution is -0.0811. The number of carbonyl (C=O) groups excluding carboxylic acids is 1. The van der Waals surface area contributed by atoms with Gasteiger partial charge in [0.15, 0.2) is 0 Å². The van der Waals surface area contributed by atoms with E-state index in [0.29, 0.717) is 0 Å². The average molecular weight is 571 g/mol. The summed E-state index contributed by atoms with van der Waals surface area (Å²) in [5.74, 6) is 0.263. The number of hydrogen-bond acceptors (Lipinski definition) is 2. The summed E-state index contributed by atoms with van der Waals surface area (Å²) < 4.78 is 20.4. The number of ether oxygens (including phenoxy) is 2. The molecule has 0 bridgehead atoms. The van der Waals surface area contributed by atoms with Crippen LogP contribution in [0.1, 0.15) is 16.7 Å². The van der Waals surface area contributed by atoms with Crippen LogP contribution in [0.15, 0.2) is 126 Å². The topological polar surface area (TPSA) is 29.8 Å². The maximum Gasteiger partial charge on any atom is 0.305 e. The predicted octanol–water partition coefficient (Wildman–Crippen LogP) is 8.72. The Bertz CT molecular complexity index is 1840. The fourth-order valence-corrected chi connectivity index (χ4v) is 5.85. The summed E-state index contributed by atoms with van der Waals surface area (Å²) in [4.78, 5) is 0. The molecule has 3 nitrogen and oxygen atoms in total. The van der Waals surface area contributed by atoms with E-state index in [1.807, 2.05) is 42.5 Å². The Labute approximate surface area is 235 Å². The summed E-state index contributed by atoms with van der Waals surface area (Å²) in [7, 11) is 1.61. The van der Waals surface area contributed by atoms with Gasteiger partial charge in [-0.1, -0.05) is 106 Å². The van der Waals surface area contributed by atoms with E-state index in [0.717, 1.165) is 65.3 Å². The normalized spacial score (nSPS) is 13.9.